The third-order valence-electron chi connectivity index (χ3n) is 4.56. The zero-order valence-corrected chi connectivity index (χ0v) is 12.5. The number of nitrogens with zero attached hydrogens (tertiary/aromatic N) is 1. The number of sulfonamides is 1. The molecule has 2 saturated heterocycles. The second-order valence-corrected chi connectivity index (χ2v) is 8.09. The van der Waals surface area contributed by atoms with Gasteiger partial charge in [-0.25, -0.2) is 12.7 Å². The number of aliphatic hydroxyl groups excluding tert-OH is 1. The molecular formula is C13H25NO4S. The fourth-order valence-corrected chi connectivity index (χ4v) is 4.28. The third-order valence-corrected chi connectivity index (χ3v) is 5.83. The van der Waals surface area contributed by atoms with Gasteiger partial charge in [0.05, 0.1) is 6.26 Å². The molecule has 2 rings (SSSR count). The molecule has 0 radical (unpaired) electrons. The molecule has 0 aliphatic carbocycles. The van der Waals surface area contributed by atoms with Crippen molar-refractivity contribution in [3.8, 4) is 0 Å². The summed E-state index contributed by atoms with van der Waals surface area (Å²) in [5.41, 5.74) is -0.0522. The minimum atomic E-state index is -3.08. The molecule has 19 heavy (non-hydrogen) atoms. The first kappa shape index (κ1) is 15.2. The van der Waals surface area contributed by atoms with Crippen LogP contribution in [0.1, 0.15) is 32.1 Å². The standard InChI is InChI=1S/C13H25NO4S/c1-19(16,17)14-6-2-3-12(10-14)9-13(11-15)4-7-18-8-5-13/h12,15H,2-11H2,1H3. The molecular weight excluding hydrogens is 266 g/mol. The Hall–Kier alpha value is -0.170. The fraction of sp³-hybridized carbons (Fsp3) is 1.00. The van der Waals surface area contributed by atoms with Crippen molar-refractivity contribution in [3.05, 3.63) is 0 Å². The summed E-state index contributed by atoms with van der Waals surface area (Å²) in [6, 6.07) is 0. The fourth-order valence-electron chi connectivity index (χ4n) is 3.34. The van der Waals surface area contributed by atoms with Crippen molar-refractivity contribution >= 4 is 10.0 Å². The Morgan fingerprint density at radius 3 is 2.63 bits per heavy atom. The highest BCUT2D eigenvalue weighted by Crippen LogP contribution is 2.39. The number of rotatable bonds is 4. The molecule has 2 heterocycles. The van der Waals surface area contributed by atoms with E-state index in [2.05, 4.69) is 0 Å². The van der Waals surface area contributed by atoms with Gasteiger partial charge in [0, 0.05) is 32.9 Å². The van der Waals surface area contributed by atoms with Crippen molar-refractivity contribution in [1.82, 2.24) is 4.31 Å². The van der Waals surface area contributed by atoms with Gasteiger partial charge in [-0.15, -0.1) is 0 Å². The molecule has 1 N–H and O–H groups in total. The van der Waals surface area contributed by atoms with E-state index in [1.807, 2.05) is 0 Å². The molecule has 0 aromatic carbocycles. The van der Waals surface area contributed by atoms with Crippen molar-refractivity contribution in [2.45, 2.75) is 32.1 Å². The van der Waals surface area contributed by atoms with E-state index in [0.29, 0.717) is 32.2 Å². The van der Waals surface area contributed by atoms with Gasteiger partial charge in [-0.2, -0.15) is 0 Å². The lowest BCUT2D eigenvalue weighted by Crippen LogP contribution is -2.43. The summed E-state index contributed by atoms with van der Waals surface area (Å²) in [4.78, 5) is 0. The van der Waals surface area contributed by atoms with Gasteiger partial charge in [-0.05, 0) is 43.4 Å². The normalized spacial score (nSPS) is 29.3. The van der Waals surface area contributed by atoms with Gasteiger partial charge in [0.15, 0.2) is 0 Å². The van der Waals surface area contributed by atoms with E-state index < -0.39 is 10.0 Å². The van der Waals surface area contributed by atoms with Gasteiger partial charge in [0.25, 0.3) is 0 Å². The first-order valence-electron chi connectivity index (χ1n) is 7.09. The molecule has 0 aromatic rings. The number of piperidine rings is 1. The van der Waals surface area contributed by atoms with Crippen LogP contribution in [-0.4, -0.2) is 57.0 Å². The summed E-state index contributed by atoms with van der Waals surface area (Å²) in [6.07, 6.45) is 5.96. The van der Waals surface area contributed by atoms with Crippen LogP contribution < -0.4 is 0 Å². The third kappa shape index (κ3) is 3.90. The Kier molecular flexibility index (Phi) is 4.87. The highest BCUT2D eigenvalue weighted by atomic mass is 32.2. The Morgan fingerprint density at radius 2 is 2.05 bits per heavy atom. The van der Waals surface area contributed by atoms with Gasteiger partial charge >= 0.3 is 0 Å². The predicted octanol–water partition coefficient (Wildman–Crippen LogP) is 0.837. The van der Waals surface area contributed by atoms with Crippen LogP contribution in [-0.2, 0) is 14.8 Å². The molecule has 0 aromatic heterocycles. The second kappa shape index (κ2) is 6.08. The van der Waals surface area contributed by atoms with E-state index in [4.69, 9.17) is 4.74 Å². The largest absolute Gasteiger partial charge is 0.396 e. The average Bonchev–Trinajstić information content (AvgIpc) is 2.39. The Bertz CT molecular complexity index is 389. The number of ether oxygens (including phenoxy) is 1. The maximum Gasteiger partial charge on any atom is 0.211 e. The summed E-state index contributed by atoms with van der Waals surface area (Å²) in [6.45, 7) is 2.86. The van der Waals surface area contributed by atoms with Crippen molar-refractivity contribution in [3.63, 3.8) is 0 Å². The molecule has 6 heteroatoms. The van der Waals surface area contributed by atoms with Crippen LogP contribution in [0.4, 0.5) is 0 Å². The van der Waals surface area contributed by atoms with Crippen molar-refractivity contribution in [2.24, 2.45) is 11.3 Å². The van der Waals surface area contributed by atoms with Crippen LogP contribution in [0.25, 0.3) is 0 Å². The quantitative estimate of drug-likeness (QED) is 0.833. The van der Waals surface area contributed by atoms with Gasteiger partial charge in [0.1, 0.15) is 0 Å². The van der Waals surface area contributed by atoms with E-state index >= 15 is 0 Å². The van der Waals surface area contributed by atoms with E-state index in [0.717, 1.165) is 32.1 Å². The Balaban J connectivity index is 1.97. The summed E-state index contributed by atoms with van der Waals surface area (Å²) >= 11 is 0. The first-order chi connectivity index (χ1) is 8.95. The lowest BCUT2D eigenvalue weighted by atomic mass is 9.72. The lowest BCUT2D eigenvalue weighted by molar-refractivity contribution is -0.0324. The first-order valence-corrected chi connectivity index (χ1v) is 8.94. The molecule has 2 aliphatic rings. The monoisotopic (exact) mass is 291 g/mol. The maximum absolute atomic E-state index is 11.6. The van der Waals surface area contributed by atoms with Gasteiger partial charge in [-0.1, -0.05) is 0 Å². The van der Waals surface area contributed by atoms with E-state index in [1.165, 1.54) is 6.26 Å². The second-order valence-electron chi connectivity index (χ2n) is 6.10. The van der Waals surface area contributed by atoms with Gasteiger partial charge < -0.3 is 9.84 Å². The maximum atomic E-state index is 11.6. The van der Waals surface area contributed by atoms with Crippen molar-refractivity contribution < 1.29 is 18.3 Å². The molecule has 2 fully saturated rings. The molecule has 0 amide bonds. The molecule has 0 bridgehead atoms. The molecule has 5 nitrogen and oxygen atoms in total. The Labute approximate surface area is 116 Å². The molecule has 0 spiro atoms. The highest BCUT2D eigenvalue weighted by molar-refractivity contribution is 7.88. The van der Waals surface area contributed by atoms with Crippen LogP contribution in [0, 0.1) is 11.3 Å². The molecule has 1 unspecified atom stereocenters. The van der Waals surface area contributed by atoms with Gasteiger partial charge in [0.2, 0.25) is 10.0 Å². The van der Waals surface area contributed by atoms with Crippen LogP contribution >= 0.6 is 0 Å². The lowest BCUT2D eigenvalue weighted by Gasteiger charge is -2.40. The van der Waals surface area contributed by atoms with Crippen LogP contribution in [0.3, 0.4) is 0 Å². The molecule has 2 aliphatic heterocycles. The number of hydrogen-bond donors (Lipinski definition) is 1. The minimum absolute atomic E-state index is 0.0522. The zero-order valence-electron chi connectivity index (χ0n) is 11.7. The molecule has 112 valence electrons. The molecule has 1 atom stereocenters. The Morgan fingerprint density at radius 1 is 1.37 bits per heavy atom. The average molecular weight is 291 g/mol. The summed E-state index contributed by atoms with van der Waals surface area (Å²) in [5.74, 6) is 0.369. The smallest absolute Gasteiger partial charge is 0.211 e. The predicted molar refractivity (Wildman–Crippen MR) is 73.3 cm³/mol. The minimum Gasteiger partial charge on any atom is -0.396 e. The summed E-state index contributed by atoms with van der Waals surface area (Å²) in [5, 5.41) is 9.71. The summed E-state index contributed by atoms with van der Waals surface area (Å²) in [7, 11) is -3.08. The SMILES string of the molecule is CS(=O)(=O)N1CCCC(CC2(CO)CCOCC2)C1. The van der Waals surface area contributed by atoms with Crippen LogP contribution in [0.15, 0.2) is 0 Å². The van der Waals surface area contributed by atoms with Crippen molar-refractivity contribution in [1.29, 1.82) is 0 Å². The van der Waals surface area contributed by atoms with E-state index in [1.54, 1.807) is 4.31 Å². The number of hydrogen-bond acceptors (Lipinski definition) is 4. The van der Waals surface area contributed by atoms with Gasteiger partial charge in [-0.3, -0.25) is 0 Å². The van der Waals surface area contributed by atoms with Crippen LogP contribution in [0.2, 0.25) is 0 Å². The summed E-state index contributed by atoms with van der Waals surface area (Å²) < 4.78 is 30.2. The highest BCUT2D eigenvalue weighted by Gasteiger charge is 2.36. The topological polar surface area (TPSA) is 66.8 Å². The molecule has 0 saturated carbocycles. The van der Waals surface area contributed by atoms with E-state index in [9.17, 15) is 13.5 Å². The number of aliphatic hydroxyl groups is 1. The van der Waals surface area contributed by atoms with E-state index in [-0.39, 0.29) is 12.0 Å². The van der Waals surface area contributed by atoms with Crippen LogP contribution in [0.5, 0.6) is 0 Å². The zero-order chi connectivity index (χ0) is 13.9. The van der Waals surface area contributed by atoms with Crippen molar-refractivity contribution in [2.75, 3.05) is 39.2 Å².